The number of ether oxygens (including phenoxy) is 1. The zero-order valence-electron chi connectivity index (χ0n) is 14.1. The van der Waals surface area contributed by atoms with Crippen LogP contribution in [-0.4, -0.2) is 43.6 Å². The van der Waals surface area contributed by atoms with Gasteiger partial charge in [-0.05, 0) is 45.0 Å². The fourth-order valence-corrected chi connectivity index (χ4v) is 3.18. The van der Waals surface area contributed by atoms with Gasteiger partial charge in [-0.25, -0.2) is 0 Å². The fraction of sp³-hybridized carbons (Fsp3) is 0.611. The summed E-state index contributed by atoms with van der Waals surface area (Å²) in [4.78, 5) is 14.5. The molecule has 0 unspecified atom stereocenters. The van der Waals surface area contributed by atoms with Crippen LogP contribution in [0.2, 0.25) is 0 Å². The van der Waals surface area contributed by atoms with Crippen LogP contribution < -0.4 is 10.1 Å². The standard InChI is InChI=1S/C18H26F2N2O2/c1-22(14-8-3-2-4-9-14)13-7-12-21-17(23)15-10-5-6-11-16(15)24-18(19)20/h5-6,10-11,14,18H,2-4,7-9,12-13H2,1H3,(H,21,23). The number of para-hydroxylation sites is 1. The first-order chi connectivity index (χ1) is 11.6. The Morgan fingerprint density at radius 3 is 2.71 bits per heavy atom. The number of carbonyl (C=O) groups is 1. The minimum Gasteiger partial charge on any atom is -0.434 e. The highest BCUT2D eigenvalue weighted by atomic mass is 19.3. The smallest absolute Gasteiger partial charge is 0.387 e. The average Bonchev–Trinajstić information content (AvgIpc) is 2.59. The van der Waals surface area contributed by atoms with Crippen molar-refractivity contribution in [3.63, 3.8) is 0 Å². The van der Waals surface area contributed by atoms with Gasteiger partial charge >= 0.3 is 6.61 Å². The monoisotopic (exact) mass is 340 g/mol. The Bertz CT molecular complexity index is 519. The SMILES string of the molecule is CN(CCCNC(=O)c1ccccc1OC(F)F)C1CCCCC1. The molecule has 0 radical (unpaired) electrons. The largest absolute Gasteiger partial charge is 0.434 e. The molecule has 1 aromatic rings. The summed E-state index contributed by atoms with van der Waals surface area (Å²) >= 11 is 0. The minimum absolute atomic E-state index is 0.0932. The topological polar surface area (TPSA) is 41.6 Å². The van der Waals surface area contributed by atoms with Crippen molar-refractivity contribution in [2.45, 2.75) is 51.2 Å². The molecular formula is C18H26F2N2O2. The van der Waals surface area contributed by atoms with E-state index in [4.69, 9.17) is 0 Å². The third kappa shape index (κ3) is 5.74. The molecule has 6 heteroatoms. The van der Waals surface area contributed by atoms with Crippen molar-refractivity contribution in [2.24, 2.45) is 0 Å². The molecule has 0 spiro atoms. The van der Waals surface area contributed by atoms with Crippen molar-refractivity contribution in [1.29, 1.82) is 0 Å². The highest BCUT2D eigenvalue weighted by Crippen LogP contribution is 2.22. The van der Waals surface area contributed by atoms with E-state index in [2.05, 4.69) is 22.0 Å². The molecule has 0 aromatic heterocycles. The van der Waals surface area contributed by atoms with Crippen LogP contribution in [0.4, 0.5) is 8.78 Å². The second kappa shape index (κ2) is 9.57. The zero-order valence-corrected chi connectivity index (χ0v) is 14.1. The summed E-state index contributed by atoms with van der Waals surface area (Å²) in [6, 6.07) is 6.70. The molecule has 2 rings (SSSR count). The molecule has 1 aliphatic rings. The molecule has 1 aliphatic carbocycles. The molecule has 0 saturated heterocycles. The summed E-state index contributed by atoms with van der Waals surface area (Å²) in [6.45, 7) is -1.51. The number of alkyl halides is 2. The lowest BCUT2D eigenvalue weighted by Crippen LogP contribution is -2.35. The van der Waals surface area contributed by atoms with Gasteiger partial charge in [0.1, 0.15) is 5.75 Å². The van der Waals surface area contributed by atoms with E-state index in [1.54, 1.807) is 12.1 Å². The van der Waals surface area contributed by atoms with Gasteiger partial charge in [-0.1, -0.05) is 31.4 Å². The van der Waals surface area contributed by atoms with Gasteiger partial charge in [-0.3, -0.25) is 4.79 Å². The summed E-state index contributed by atoms with van der Waals surface area (Å²) in [7, 11) is 2.13. The van der Waals surface area contributed by atoms with Crippen molar-refractivity contribution in [1.82, 2.24) is 10.2 Å². The van der Waals surface area contributed by atoms with Crippen LogP contribution in [0.5, 0.6) is 5.75 Å². The van der Waals surface area contributed by atoms with Gasteiger partial charge in [0.05, 0.1) is 5.56 Å². The molecule has 0 bridgehead atoms. The molecule has 1 saturated carbocycles. The first-order valence-electron chi connectivity index (χ1n) is 8.60. The summed E-state index contributed by atoms with van der Waals surface area (Å²) in [5.41, 5.74) is 0.137. The third-order valence-corrected chi connectivity index (χ3v) is 4.52. The summed E-state index contributed by atoms with van der Waals surface area (Å²) < 4.78 is 29.1. The summed E-state index contributed by atoms with van der Waals surface area (Å²) in [5, 5.41) is 2.78. The maximum Gasteiger partial charge on any atom is 0.387 e. The van der Waals surface area contributed by atoms with Crippen LogP contribution in [-0.2, 0) is 0 Å². The maximum atomic E-state index is 12.4. The Kier molecular flexibility index (Phi) is 7.43. The van der Waals surface area contributed by atoms with E-state index >= 15 is 0 Å². The quantitative estimate of drug-likeness (QED) is 0.734. The van der Waals surface area contributed by atoms with Crippen LogP contribution >= 0.6 is 0 Å². The van der Waals surface area contributed by atoms with E-state index in [9.17, 15) is 13.6 Å². The molecule has 134 valence electrons. The van der Waals surface area contributed by atoms with E-state index in [0.717, 1.165) is 13.0 Å². The third-order valence-electron chi connectivity index (χ3n) is 4.52. The number of benzene rings is 1. The van der Waals surface area contributed by atoms with Crippen LogP contribution in [0.1, 0.15) is 48.9 Å². The van der Waals surface area contributed by atoms with Gasteiger partial charge in [0.2, 0.25) is 0 Å². The Labute approximate surface area is 142 Å². The molecule has 1 aromatic carbocycles. The predicted molar refractivity (Wildman–Crippen MR) is 89.5 cm³/mol. The highest BCUT2D eigenvalue weighted by Gasteiger charge is 2.18. The Balaban J connectivity index is 1.75. The number of nitrogens with zero attached hydrogens (tertiary/aromatic N) is 1. The molecule has 0 atom stereocenters. The second-order valence-electron chi connectivity index (χ2n) is 6.26. The van der Waals surface area contributed by atoms with E-state index in [1.807, 2.05) is 0 Å². The molecular weight excluding hydrogens is 314 g/mol. The number of hydrogen-bond acceptors (Lipinski definition) is 3. The lowest BCUT2D eigenvalue weighted by molar-refractivity contribution is -0.0501. The van der Waals surface area contributed by atoms with E-state index in [-0.39, 0.29) is 17.2 Å². The van der Waals surface area contributed by atoms with Crippen molar-refractivity contribution >= 4 is 5.91 Å². The van der Waals surface area contributed by atoms with E-state index < -0.39 is 6.61 Å². The molecule has 0 aliphatic heterocycles. The van der Waals surface area contributed by atoms with Gasteiger partial charge in [-0.15, -0.1) is 0 Å². The lowest BCUT2D eigenvalue weighted by Gasteiger charge is -2.31. The van der Waals surface area contributed by atoms with Crippen molar-refractivity contribution in [3.8, 4) is 5.75 Å². The number of rotatable bonds is 8. The van der Waals surface area contributed by atoms with E-state index in [1.165, 1.54) is 44.2 Å². The summed E-state index contributed by atoms with van der Waals surface area (Å²) in [6.07, 6.45) is 7.26. The van der Waals surface area contributed by atoms with Crippen LogP contribution in [0.3, 0.4) is 0 Å². The first-order valence-corrected chi connectivity index (χ1v) is 8.60. The fourth-order valence-electron chi connectivity index (χ4n) is 3.18. The normalized spacial score (nSPS) is 15.7. The number of nitrogens with one attached hydrogen (secondary N) is 1. The maximum absolute atomic E-state index is 12.4. The predicted octanol–water partition coefficient (Wildman–Crippen LogP) is 3.67. The van der Waals surface area contributed by atoms with Gasteiger partial charge in [-0.2, -0.15) is 8.78 Å². The van der Waals surface area contributed by atoms with Gasteiger partial charge < -0.3 is 15.0 Å². The molecule has 24 heavy (non-hydrogen) atoms. The molecule has 0 heterocycles. The van der Waals surface area contributed by atoms with Gasteiger partial charge in [0.15, 0.2) is 0 Å². The second-order valence-corrected chi connectivity index (χ2v) is 6.26. The Morgan fingerprint density at radius 2 is 2.00 bits per heavy atom. The van der Waals surface area contributed by atoms with Crippen LogP contribution in [0, 0.1) is 0 Å². The van der Waals surface area contributed by atoms with Crippen molar-refractivity contribution < 1.29 is 18.3 Å². The van der Waals surface area contributed by atoms with Crippen molar-refractivity contribution in [3.05, 3.63) is 29.8 Å². The van der Waals surface area contributed by atoms with E-state index in [0.29, 0.717) is 12.6 Å². The molecule has 1 amide bonds. The van der Waals surface area contributed by atoms with Crippen LogP contribution in [0.25, 0.3) is 0 Å². The van der Waals surface area contributed by atoms with Crippen molar-refractivity contribution in [2.75, 3.05) is 20.1 Å². The summed E-state index contributed by atoms with van der Waals surface area (Å²) in [5.74, 6) is -0.476. The molecule has 4 nitrogen and oxygen atoms in total. The average molecular weight is 340 g/mol. The first kappa shape index (κ1) is 18.6. The number of amides is 1. The van der Waals surface area contributed by atoms with Gasteiger partial charge in [0, 0.05) is 12.6 Å². The van der Waals surface area contributed by atoms with Crippen LogP contribution in [0.15, 0.2) is 24.3 Å². The Hall–Kier alpha value is -1.69. The highest BCUT2D eigenvalue weighted by molar-refractivity contribution is 5.96. The molecule has 1 fully saturated rings. The number of carbonyl (C=O) groups excluding carboxylic acids is 1. The molecule has 1 N–H and O–H groups in total. The Morgan fingerprint density at radius 1 is 1.29 bits per heavy atom. The van der Waals surface area contributed by atoms with Gasteiger partial charge in [0.25, 0.3) is 5.91 Å². The zero-order chi connectivity index (χ0) is 17.4. The lowest BCUT2D eigenvalue weighted by atomic mass is 9.94. The number of hydrogen-bond donors (Lipinski definition) is 1. The number of halogens is 2. The minimum atomic E-state index is -2.94.